The number of amides is 2. The van der Waals surface area contributed by atoms with Gasteiger partial charge in [0, 0.05) is 37.0 Å². The Bertz CT molecular complexity index is 934. The highest BCUT2D eigenvalue weighted by Crippen LogP contribution is 2.45. The first-order valence-electron chi connectivity index (χ1n) is 11.8. The van der Waals surface area contributed by atoms with Crippen molar-refractivity contribution in [2.75, 3.05) is 20.2 Å². The molecule has 1 aromatic carbocycles. The number of hydrogen-bond acceptors (Lipinski definition) is 5. The van der Waals surface area contributed by atoms with Crippen LogP contribution in [0.1, 0.15) is 63.0 Å². The first-order chi connectivity index (χ1) is 15.9. The van der Waals surface area contributed by atoms with E-state index in [-0.39, 0.29) is 36.8 Å². The van der Waals surface area contributed by atoms with Gasteiger partial charge in [0.25, 0.3) is 0 Å². The van der Waals surface area contributed by atoms with Gasteiger partial charge in [0.1, 0.15) is 0 Å². The monoisotopic (exact) mass is 454 g/mol. The zero-order chi connectivity index (χ0) is 23.8. The van der Waals surface area contributed by atoms with Crippen LogP contribution >= 0.6 is 0 Å². The molecule has 7 nitrogen and oxygen atoms in total. The molecule has 2 aliphatic rings. The van der Waals surface area contributed by atoms with Gasteiger partial charge in [0.05, 0.1) is 13.5 Å². The maximum absolute atomic E-state index is 12.8. The first-order valence-corrected chi connectivity index (χ1v) is 11.8. The Kier molecular flexibility index (Phi) is 8.37. The van der Waals surface area contributed by atoms with E-state index >= 15 is 0 Å². The average molecular weight is 455 g/mol. The molecule has 0 bridgehead atoms. The van der Waals surface area contributed by atoms with Gasteiger partial charge in [-0.05, 0) is 62.6 Å². The molecule has 0 unspecified atom stereocenters. The fourth-order valence-electron chi connectivity index (χ4n) is 4.89. The third-order valence-electron chi connectivity index (χ3n) is 6.46. The van der Waals surface area contributed by atoms with Gasteiger partial charge in [-0.3, -0.25) is 9.59 Å². The summed E-state index contributed by atoms with van der Waals surface area (Å²) in [4.78, 5) is 38.8. The predicted molar refractivity (Wildman–Crippen MR) is 124 cm³/mol. The minimum Gasteiger partial charge on any atom is -0.453 e. The molecule has 0 aromatic heterocycles. The lowest BCUT2D eigenvalue weighted by atomic mass is 9.72. The van der Waals surface area contributed by atoms with E-state index in [2.05, 4.69) is 17.2 Å². The SMILES string of the molecule is CCCNC(=O)CCC(=O)O[C@]1(C#Cc2cccc(C)c2)CCC[C@@H]2[C@H]1CCN2C(=O)OC. The lowest BCUT2D eigenvalue weighted by Gasteiger charge is -2.42. The van der Waals surface area contributed by atoms with E-state index in [1.165, 1.54) is 7.11 Å². The molecule has 2 amide bonds. The maximum Gasteiger partial charge on any atom is 0.409 e. The lowest BCUT2D eigenvalue weighted by Crippen LogP contribution is -2.51. The minimum absolute atomic E-state index is 0.00151. The summed E-state index contributed by atoms with van der Waals surface area (Å²) in [7, 11) is 1.38. The van der Waals surface area contributed by atoms with Crippen molar-refractivity contribution in [2.24, 2.45) is 5.92 Å². The quantitative estimate of drug-likeness (QED) is 0.525. The van der Waals surface area contributed by atoms with Crippen LogP contribution in [0.25, 0.3) is 0 Å². The Morgan fingerprint density at radius 3 is 2.79 bits per heavy atom. The molecule has 0 spiro atoms. The highest BCUT2D eigenvalue weighted by Gasteiger charge is 2.53. The van der Waals surface area contributed by atoms with E-state index < -0.39 is 11.6 Å². The van der Waals surface area contributed by atoms with E-state index in [1.807, 2.05) is 38.1 Å². The van der Waals surface area contributed by atoms with Crippen molar-refractivity contribution < 1.29 is 23.9 Å². The maximum atomic E-state index is 12.8. The summed E-state index contributed by atoms with van der Waals surface area (Å²) >= 11 is 0. The zero-order valence-electron chi connectivity index (χ0n) is 19.8. The van der Waals surface area contributed by atoms with Crippen molar-refractivity contribution in [3.8, 4) is 11.8 Å². The van der Waals surface area contributed by atoms with Crippen LogP contribution in [0.2, 0.25) is 0 Å². The summed E-state index contributed by atoms with van der Waals surface area (Å²) in [5, 5.41) is 2.78. The Morgan fingerprint density at radius 1 is 1.24 bits per heavy atom. The number of nitrogens with one attached hydrogen (secondary N) is 1. The number of carbonyl (C=O) groups excluding carboxylic acids is 3. The average Bonchev–Trinajstić information content (AvgIpc) is 3.25. The van der Waals surface area contributed by atoms with Gasteiger partial charge >= 0.3 is 12.1 Å². The Labute approximate surface area is 196 Å². The number of carbonyl (C=O) groups is 3. The molecule has 1 N–H and O–H groups in total. The molecular weight excluding hydrogens is 420 g/mol. The van der Waals surface area contributed by atoms with Crippen LogP contribution in [0.15, 0.2) is 24.3 Å². The fraction of sp³-hybridized carbons (Fsp3) is 0.577. The molecule has 1 aliphatic heterocycles. The molecule has 3 atom stereocenters. The number of rotatable bonds is 6. The smallest absolute Gasteiger partial charge is 0.409 e. The molecular formula is C26H34N2O5. The number of benzene rings is 1. The second-order valence-electron chi connectivity index (χ2n) is 8.85. The van der Waals surface area contributed by atoms with E-state index in [0.29, 0.717) is 25.9 Å². The summed E-state index contributed by atoms with van der Waals surface area (Å²) in [6, 6.07) is 7.80. The van der Waals surface area contributed by atoms with Gasteiger partial charge in [0.15, 0.2) is 5.60 Å². The minimum atomic E-state index is -0.994. The summed E-state index contributed by atoms with van der Waals surface area (Å²) < 4.78 is 11.1. The number of esters is 1. The molecule has 2 fully saturated rings. The second kappa shape index (κ2) is 11.2. The first kappa shape index (κ1) is 24.6. The number of aryl methyl sites for hydroxylation is 1. The fourth-order valence-corrected chi connectivity index (χ4v) is 4.89. The summed E-state index contributed by atoms with van der Waals surface area (Å²) in [5.41, 5.74) is 0.964. The summed E-state index contributed by atoms with van der Waals surface area (Å²) in [5.74, 6) is 5.84. The molecule has 3 rings (SSSR count). The van der Waals surface area contributed by atoms with Gasteiger partial charge in [-0.25, -0.2) is 4.79 Å². The number of nitrogens with zero attached hydrogens (tertiary/aromatic N) is 1. The van der Waals surface area contributed by atoms with Crippen LogP contribution in [0.3, 0.4) is 0 Å². The predicted octanol–water partition coefficient (Wildman–Crippen LogP) is 3.58. The van der Waals surface area contributed by atoms with Gasteiger partial charge in [-0.1, -0.05) is 25.0 Å². The number of ether oxygens (including phenoxy) is 2. The van der Waals surface area contributed by atoms with E-state index in [9.17, 15) is 14.4 Å². The molecule has 0 radical (unpaired) electrons. The van der Waals surface area contributed by atoms with Crippen LogP contribution in [-0.4, -0.2) is 54.7 Å². The highest BCUT2D eigenvalue weighted by atomic mass is 16.6. The van der Waals surface area contributed by atoms with Crippen LogP contribution < -0.4 is 5.32 Å². The van der Waals surface area contributed by atoms with E-state index in [1.54, 1.807) is 4.90 Å². The van der Waals surface area contributed by atoms with Crippen molar-refractivity contribution in [1.29, 1.82) is 0 Å². The van der Waals surface area contributed by atoms with Crippen molar-refractivity contribution in [3.05, 3.63) is 35.4 Å². The molecule has 1 aliphatic carbocycles. The topological polar surface area (TPSA) is 84.9 Å². The molecule has 1 aromatic rings. The van der Waals surface area contributed by atoms with Gasteiger partial charge in [0.2, 0.25) is 5.91 Å². The normalized spacial score (nSPS) is 23.7. The Hall–Kier alpha value is -3.01. The standard InChI is InChI=1S/C26H34N2O5/c1-4-16-27-23(29)10-11-24(30)33-26(15-12-20-8-5-7-19(2)18-20)14-6-9-22-21(26)13-17-28(22)25(31)32-3/h5,7-8,18,21-22H,4,6,9-11,13-14,16-17H2,1-3H3,(H,27,29)/t21-,22-,26+/m1/s1. The van der Waals surface area contributed by atoms with Crippen LogP contribution in [0, 0.1) is 24.7 Å². The Balaban J connectivity index is 1.83. The molecule has 1 saturated heterocycles. The van der Waals surface area contributed by atoms with Crippen molar-refractivity contribution in [2.45, 2.75) is 70.4 Å². The largest absolute Gasteiger partial charge is 0.453 e. The molecule has 33 heavy (non-hydrogen) atoms. The third kappa shape index (κ3) is 6.07. The summed E-state index contributed by atoms with van der Waals surface area (Å²) in [6.07, 6.45) is 3.47. The molecule has 1 saturated carbocycles. The third-order valence-corrected chi connectivity index (χ3v) is 6.46. The Morgan fingerprint density at radius 2 is 2.06 bits per heavy atom. The zero-order valence-corrected chi connectivity index (χ0v) is 19.8. The van der Waals surface area contributed by atoms with Crippen LogP contribution in [-0.2, 0) is 19.1 Å². The molecule has 7 heteroatoms. The number of methoxy groups -OCH3 is 1. The molecule has 1 heterocycles. The number of likely N-dealkylation sites (tertiary alicyclic amines) is 1. The summed E-state index contributed by atoms with van der Waals surface area (Å²) in [6.45, 7) is 5.12. The van der Waals surface area contributed by atoms with E-state index in [4.69, 9.17) is 9.47 Å². The van der Waals surface area contributed by atoms with Gasteiger partial charge < -0.3 is 19.7 Å². The lowest BCUT2D eigenvalue weighted by molar-refractivity contribution is -0.163. The van der Waals surface area contributed by atoms with Crippen molar-refractivity contribution in [1.82, 2.24) is 10.2 Å². The molecule has 178 valence electrons. The number of fused-ring (bicyclic) bond motifs is 1. The van der Waals surface area contributed by atoms with Crippen LogP contribution in [0.4, 0.5) is 4.79 Å². The number of hydrogen-bond donors (Lipinski definition) is 1. The van der Waals surface area contributed by atoms with Gasteiger partial charge in [-0.15, -0.1) is 0 Å². The second-order valence-corrected chi connectivity index (χ2v) is 8.85. The highest BCUT2D eigenvalue weighted by molar-refractivity contribution is 5.81. The van der Waals surface area contributed by atoms with E-state index in [0.717, 1.165) is 30.4 Å². The van der Waals surface area contributed by atoms with Crippen molar-refractivity contribution in [3.63, 3.8) is 0 Å². The van der Waals surface area contributed by atoms with Crippen LogP contribution in [0.5, 0.6) is 0 Å². The van der Waals surface area contributed by atoms with Gasteiger partial charge in [-0.2, -0.15) is 0 Å². The van der Waals surface area contributed by atoms with Crippen molar-refractivity contribution >= 4 is 18.0 Å².